The average Bonchev–Trinajstić information content (AvgIpc) is 3.05. The maximum absolute atomic E-state index is 12.0. The minimum absolute atomic E-state index is 0.0742. The fourth-order valence-electron chi connectivity index (χ4n) is 2.64. The third-order valence-corrected chi connectivity index (χ3v) is 3.79. The van der Waals surface area contributed by atoms with Crippen LogP contribution in [-0.4, -0.2) is 50.9 Å². The largest absolute Gasteiger partial charge is 0.481 e. The second-order valence-electron chi connectivity index (χ2n) is 5.26. The zero-order chi connectivity index (χ0) is 15.3. The van der Waals surface area contributed by atoms with E-state index in [-0.39, 0.29) is 19.6 Å². The van der Waals surface area contributed by atoms with Crippen molar-refractivity contribution < 1.29 is 23.4 Å². The number of carboxylic acids is 1. The van der Waals surface area contributed by atoms with Crippen molar-refractivity contribution in [1.29, 1.82) is 0 Å². The molecule has 1 heterocycles. The van der Waals surface area contributed by atoms with Crippen molar-refractivity contribution in [2.75, 3.05) is 13.2 Å². The Bertz CT molecular complexity index is 475. The SMILES string of the molecule is O=C(O)C1(Cn2nnnc2CCOCC(F)F)CCCC1. The molecule has 1 aliphatic rings. The molecule has 1 fully saturated rings. The van der Waals surface area contributed by atoms with E-state index < -0.39 is 24.4 Å². The van der Waals surface area contributed by atoms with Crippen LogP contribution in [0.5, 0.6) is 0 Å². The van der Waals surface area contributed by atoms with Gasteiger partial charge in [-0.25, -0.2) is 13.5 Å². The molecular weight excluding hydrogens is 286 g/mol. The average molecular weight is 304 g/mol. The molecule has 0 atom stereocenters. The van der Waals surface area contributed by atoms with Gasteiger partial charge in [0.05, 0.1) is 18.6 Å². The van der Waals surface area contributed by atoms with Gasteiger partial charge in [-0.2, -0.15) is 0 Å². The van der Waals surface area contributed by atoms with Gasteiger partial charge in [-0.1, -0.05) is 12.8 Å². The summed E-state index contributed by atoms with van der Waals surface area (Å²) in [5.74, 6) is -0.382. The summed E-state index contributed by atoms with van der Waals surface area (Å²) in [6.07, 6.45) is 0.722. The van der Waals surface area contributed by atoms with Crippen LogP contribution < -0.4 is 0 Å². The molecule has 9 heteroatoms. The van der Waals surface area contributed by atoms with Gasteiger partial charge < -0.3 is 9.84 Å². The Balaban J connectivity index is 1.95. The highest BCUT2D eigenvalue weighted by Crippen LogP contribution is 2.39. The minimum Gasteiger partial charge on any atom is -0.481 e. The lowest BCUT2D eigenvalue weighted by Gasteiger charge is -2.23. The minimum atomic E-state index is -2.50. The summed E-state index contributed by atoms with van der Waals surface area (Å²) < 4.78 is 30.1. The maximum atomic E-state index is 12.0. The van der Waals surface area contributed by atoms with E-state index in [0.717, 1.165) is 12.8 Å². The normalized spacial score (nSPS) is 17.5. The molecule has 0 bridgehead atoms. The second kappa shape index (κ2) is 6.88. The Morgan fingerprint density at radius 2 is 2.14 bits per heavy atom. The fourth-order valence-corrected chi connectivity index (χ4v) is 2.64. The molecule has 0 aromatic carbocycles. The van der Waals surface area contributed by atoms with Crippen molar-refractivity contribution in [2.45, 2.75) is 45.1 Å². The first-order chi connectivity index (χ1) is 10.0. The Hall–Kier alpha value is -1.64. The van der Waals surface area contributed by atoms with E-state index in [1.165, 1.54) is 4.68 Å². The van der Waals surface area contributed by atoms with E-state index in [0.29, 0.717) is 18.7 Å². The van der Waals surface area contributed by atoms with Crippen LogP contribution >= 0.6 is 0 Å². The van der Waals surface area contributed by atoms with Crippen LogP contribution in [-0.2, 0) is 22.5 Å². The number of hydrogen-bond acceptors (Lipinski definition) is 5. The molecule has 2 rings (SSSR count). The van der Waals surface area contributed by atoms with Gasteiger partial charge in [-0.15, -0.1) is 5.10 Å². The van der Waals surface area contributed by atoms with E-state index in [1.54, 1.807) is 0 Å². The molecule has 1 aliphatic carbocycles. The lowest BCUT2D eigenvalue weighted by atomic mass is 9.86. The summed E-state index contributed by atoms with van der Waals surface area (Å²) in [5, 5.41) is 20.6. The van der Waals surface area contributed by atoms with E-state index in [4.69, 9.17) is 4.74 Å². The molecule has 1 aromatic rings. The highest BCUT2D eigenvalue weighted by Gasteiger charge is 2.42. The third-order valence-electron chi connectivity index (χ3n) is 3.79. The zero-order valence-electron chi connectivity index (χ0n) is 11.5. The number of aliphatic carboxylic acids is 1. The van der Waals surface area contributed by atoms with Gasteiger partial charge in [0.15, 0.2) is 5.82 Å². The molecule has 21 heavy (non-hydrogen) atoms. The lowest BCUT2D eigenvalue weighted by molar-refractivity contribution is -0.149. The summed E-state index contributed by atoms with van der Waals surface area (Å²) in [4.78, 5) is 11.5. The van der Waals surface area contributed by atoms with Crippen LogP contribution in [0.3, 0.4) is 0 Å². The smallest absolute Gasteiger partial charge is 0.311 e. The van der Waals surface area contributed by atoms with Crippen molar-refractivity contribution in [1.82, 2.24) is 20.2 Å². The topological polar surface area (TPSA) is 90.1 Å². The van der Waals surface area contributed by atoms with Crippen LogP contribution in [0, 0.1) is 5.41 Å². The zero-order valence-corrected chi connectivity index (χ0v) is 11.5. The fraction of sp³-hybridized carbons (Fsp3) is 0.833. The molecule has 118 valence electrons. The molecule has 0 unspecified atom stereocenters. The number of carbonyl (C=O) groups is 1. The van der Waals surface area contributed by atoms with Crippen molar-refractivity contribution in [3.63, 3.8) is 0 Å². The van der Waals surface area contributed by atoms with Gasteiger partial charge in [0.1, 0.15) is 6.61 Å². The first kappa shape index (κ1) is 15.7. The predicted octanol–water partition coefficient (Wildman–Crippen LogP) is 1.14. The van der Waals surface area contributed by atoms with Crippen LogP contribution in [0.1, 0.15) is 31.5 Å². The number of hydrogen-bond donors (Lipinski definition) is 1. The number of nitrogens with zero attached hydrogens (tertiary/aromatic N) is 4. The lowest BCUT2D eigenvalue weighted by Crippen LogP contribution is -2.34. The standard InChI is InChI=1S/C12H18F2N4O3/c13-9(14)7-21-6-3-10-15-16-17-18(10)8-12(11(19)20)4-1-2-5-12/h9H,1-8H2,(H,19,20). The Labute approximate surface area is 120 Å². The van der Waals surface area contributed by atoms with Gasteiger partial charge in [0.25, 0.3) is 6.43 Å². The number of rotatable bonds is 8. The van der Waals surface area contributed by atoms with Crippen molar-refractivity contribution in [3.8, 4) is 0 Å². The predicted molar refractivity (Wildman–Crippen MR) is 66.9 cm³/mol. The number of carboxylic acid groups (broad SMARTS) is 1. The Kier molecular flexibility index (Phi) is 5.16. The highest BCUT2D eigenvalue weighted by atomic mass is 19.3. The highest BCUT2D eigenvalue weighted by molar-refractivity contribution is 5.74. The number of aromatic nitrogens is 4. The number of tetrazole rings is 1. The summed E-state index contributed by atoms with van der Waals surface area (Å²) in [7, 11) is 0. The first-order valence-electron chi connectivity index (χ1n) is 6.88. The number of halogens is 2. The summed E-state index contributed by atoms with van der Waals surface area (Å²) in [5.41, 5.74) is -0.825. The van der Waals surface area contributed by atoms with Gasteiger partial charge in [-0.3, -0.25) is 4.79 Å². The second-order valence-corrected chi connectivity index (χ2v) is 5.26. The van der Waals surface area contributed by atoms with Crippen LogP contribution in [0.4, 0.5) is 8.78 Å². The molecule has 0 saturated heterocycles. The third kappa shape index (κ3) is 3.93. The van der Waals surface area contributed by atoms with Crippen LogP contribution in [0.25, 0.3) is 0 Å². The number of alkyl halides is 2. The van der Waals surface area contributed by atoms with Gasteiger partial charge in [0, 0.05) is 6.42 Å². The van der Waals surface area contributed by atoms with E-state index in [2.05, 4.69) is 15.5 Å². The van der Waals surface area contributed by atoms with E-state index in [9.17, 15) is 18.7 Å². The molecule has 1 aromatic heterocycles. The molecule has 0 spiro atoms. The van der Waals surface area contributed by atoms with Crippen molar-refractivity contribution >= 4 is 5.97 Å². The Morgan fingerprint density at radius 1 is 1.43 bits per heavy atom. The quantitative estimate of drug-likeness (QED) is 0.724. The Morgan fingerprint density at radius 3 is 2.76 bits per heavy atom. The van der Waals surface area contributed by atoms with Crippen molar-refractivity contribution in [3.05, 3.63) is 5.82 Å². The van der Waals surface area contributed by atoms with E-state index >= 15 is 0 Å². The van der Waals surface area contributed by atoms with E-state index in [1.807, 2.05) is 0 Å². The molecule has 0 radical (unpaired) electrons. The monoisotopic (exact) mass is 304 g/mol. The van der Waals surface area contributed by atoms with Crippen LogP contribution in [0.2, 0.25) is 0 Å². The molecular formula is C12H18F2N4O3. The summed E-state index contributed by atoms with van der Waals surface area (Å²) >= 11 is 0. The summed E-state index contributed by atoms with van der Waals surface area (Å²) in [6, 6.07) is 0. The van der Waals surface area contributed by atoms with Crippen molar-refractivity contribution in [2.24, 2.45) is 5.41 Å². The maximum Gasteiger partial charge on any atom is 0.311 e. The van der Waals surface area contributed by atoms with Gasteiger partial charge >= 0.3 is 5.97 Å². The molecule has 1 N–H and O–H groups in total. The molecule has 1 saturated carbocycles. The van der Waals surface area contributed by atoms with Gasteiger partial charge in [0.2, 0.25) is 0 Å². The number of ether oxygens (including phenoxy) is 1. The first-order valence-corrected chi connectivity index (χ1v) is 6.88. The molecule has 0 aliphatic heterocycles. The summed E-state index contributed by atoms with van der Waals surface area (Å²) in [6.45, 7) is -0.342. The molecule has 0 amide bonds. The molecule has 7 nitrogen and oxygen atoms in total. The van der Waals surface area contributed by atoms with Crippen LogP contribution in [0.15, 0.2) is 0 Å². The van der Waals surface area contributed by atoms with Gasteiger partial charge in [-0.05, 0) is 23.3 Å².